The Morgan fingerprint density at radius 3 is 2.26 bits per heavy atom. The lowest BCUT2D eigenvalue weighted by molar-refractivity contribution is 0.582. The first-order chi connectivity index (χ1) is 10.7. The molecule has 3 rings (SSSR count). The second kappa shape index (κ2) is 5.38. The van der Waals surface area contributed by atoms with Crippen molar-refractivity contribution in [2.45, 2.75) is 29.4 Å². The Bertz CT molecular complexity index is 996. The molecular formula is C15H16N2O4S2. The largest absolute Gasteiger partial charge is 0.248 e. The Hall–Kier alpha value is -1.80. The van der Waals surface area contributed by atoms with Gasteiger partial charge < -0.3 is 0 Å². The standard InChI is InChI=1S/C15H16N2O4S2/c1-22(18,19)14-12-9-5-7-10-6-3-4-8-11(10)13(12)16-15(17-14)23(2,20)21/h3-4,6,8H,5,7,9H2,1-2H3. The number of sulfone groups is 2. The first-order valence-electron chi connectivity index (χ1n) is 7.07. The Balaban J connectivity index is 2.45. The van der Waals surface area contributed by atoms with E-state index in [1.807, 2.05) is 24.3 Å². The predicted molar refractivity (Wildman–Crippen MR) is 85.7 cm³/mol. The molecule has 0 N–H and O–H groups in total. The number of nitrogens with zero attached hydrogens (tertiary/aromatic N) is 2. The summed E-state index contributed by atoms with van der Waals surface area (Å²) in [5.41, 5.74) is 2.72. The minimum atomic E-state index is -3.72. The van der Waals surface area contributed by atoms with Gasteiger partial charge in [-0.1, -0.05) is 24.3 Å². The molecule has 2 aromatic rings. The Kier molecular flexibility index (Phi) is 3.76. The fourth-order valence-corrected chi connectivity index (χ4v) is 4.26. The van der Waals surface area contributed by atoms with Crippen LogP contribution in [-0.4, -0.2) is 39.3 Å². The van der Waals surface area contributed by atoms with E-state index in [2.05, 4.69) is 9.97 Å². The lowest BCUT2D eigenvalue weighted by Gasteiger charge is -2.13. The van der Waals surface area contributed by atoms with Gasteiger partial charge >= 0.3 is 0 Å². The van der Waals surface area contributed by atoms with Crippen molar-refractivity contribution in [3.05, 3.63) is 35.4 Å². The molecule has 0 radical (unpaired) electrons. The molecule has 1 aliphatic rings. The van der Waals surface area contributed by atoms with Crippen LogP contribution in [0.2, 0.25) is 0 Å². The van der Waals surface area contributed by atoms with Crippen LogP contribution in [0.1, 0.15) is 17.5 Å². The third-order valence-corrected chi connectivity index (χ3v) is 5.66. The van der Waals surface area contributed by atoms with E-state index in [0.29, 0.717) is 17.7 Å². The molecular weight excluding hydrogens is 336 g/mol. The molecule has 1 aromatic carbocycles. The van der Waals surface area contributed by atoms with E-state index < -0.39 is 24.8 Å². The maximum absolute atomic E-state index is 12.1. The van der Waals surface area contributed by atoms with Gasteiger partial charge in [-0.25, -0.2) is 26.8 Å². The van der Waals surface area contributed by atoms with Gasteiger partial charge in [0.2, 0.25) is 15.0 Å². The van der Waals surface area contributed by atoms with Gasteiger partial charge in [0, 0.05) is 23.6 Å². The van der Waals surface area contributed by atoms with E-state index in [4.69, 9.17) is 0 Å². The minimum absolute atomic E-state index is 0.181. The summed E-state index contributed by atoms with van der Waals surface area (Å²) < 4.78 is 48.0. The smallest absolute Gasteiger partial charge is 0.222 e. The third-order valence-electron chi connectivity index (χ3n) is 3.78. The number of aryl methyl sites for hydroxylation is 1. The van der Waals surface area contributed by atoms with E-state index in [1.165, 1.54) is 0 Å². The van der Waals surface area contributed by atoms with Crippen molar-refractivity contribution in [1.29, 1.82) is 0 Å². The van der Waals surface area contributed by atoms with E-state index >= 15 is 0 Å². The van der Waals surface area contributed by atoms with Gasteiger partial charge in [-0.3, -0.25) is 0 Å². The topological polar surface area (TPSA) is 94.1 Å². The fraction of sp³-hybridized carbons (Fsp3) is 0.333. The molecule has 0 saturated heterocycles. The van der Waals surface area contributed by atoms with Gasteiger partial charge in [0.15, 0.2) is 14.9 Å². The number of hydrogen-bond acceptors (Lipinski definition) is 6. The lowest BCUT2D eigenvalue weighted by atomic mass is 10.0. The highest BCUT2D eigenvalue weighted by Crippen LogP contribution is 2.34. The zero-order valence-corrected chi connectivity index (χ0v) is 14.4. The normalized spacial score (nSPS) is 14.7. The number of aromatic nitrogens is 2. The quantitative estimate of drug-likeness (QED) is 0.600. The Morgan fingerprint density at radius 2 is 1.61 bits per heavy atom. The van der Waals surface area contributed by atoms with Crippen LogP contribution in [0.25, 0.3) is 11.3 Å². The Morgan fingerprint density at radius 1 is 0.913 bits per heavy atom. The van der Waals surface area contributed by atoms with Crippen LogP contribution in [0.3, 0.4) is 0 Å². The lowest BCUT2D eigenvalue weighted by Crippen LogP contribution is -2.14. The SMILES string of the molecule is CS(=O)(=O)c1nc2c(c(S(C)(=O)=O)n1)CCCc1ccccc1-2. The highest BCUT2D eigenvalue weighted by Gasteiger charge is 2.27. The second-order valence-electron chi connectivity index (χ2n) is 5.69. The van der Waals surface area contributed by atoms with Crippen LogP contribution in [0.5, 0.6) is 0 Å². The molecule has 8 heteroatoms. The van der Waals surface area contributed by atoms with E-state index in [-0.39, 0.29) is 5.03 Å². The summed E-state index contributed by atoms with van der Waals surface area (Å²) >= 11 is 0. The highest BCUT2D eigenvalue weighted by atomic mass is 32.2. The van der Waals surface area contributed by atoms with Crippen molar-refractivity contribution in [3.63, 3.8) is 0 Å². The minimum Gasteiger partial charge on any atom is -0.222 e. The molecule has 0 saturated carbocycles. The van der Waals surface area contributed by atoms with Gasteiger partial charge in [0.25, 0.3) is 0 Å². The molecule has 6 nitrogen and oxygen atoms in total. The number of hydrogen-bond donors (Lipinski definition) is 0. The summed E-state index contributed by atoms with van der Waals surface area (Å²) in [5.74, 6) is 0. The highest BCUT2D eigenvalue weighted by molar-refractivity contribution is 7.91. The summed E-state index contributed by atoms with van der Waals surface area (Å²) in [7, 11) is -7.38. The van der Waals surface area contributed by atoms with Crippen molar-refractivity contribution in [2.75, 3.05) is 12.5 Å². The summed E-state index contributed by atoms with van der Waals surface area (Å²) in [4.78, 5) is 8.05. The summed E-state index contributed by atoms with van der Waals surface area (Å²) in [6.07, 6.45) is 4.05. The van der Waals surface area contributed by atoms with E-state index in [0.717, 1.165) is 36.5 Å². The molecule has 0 amide bonds. The first kappa shape index (κ1) is 16.1. The van der Waals surface area contributed by atoms with Gasteiger partial charge in [0.05, 0.1) is 5.69 Å². The van der Waals surface area contributed by atoms with Crippen molar-refractivity contribution < 1.29 is 16.8 Å². The van der Waals surface area contributed by atoms with Crippen LogP contribution in [0, 0.1) is 0 Å². The van der Waals surface area contributed by atoms with Gasteiger partial charge in [-0.15, -0.1) is 0 Å². The van der Waals surface area contributed by atoms with Crippen molar-refractivity contribution >= 4 is 19.7 Å². The Labute approximate surface area is 135 Å². The predicted octanol–water partition coefficient (Wildman–Crippen LogP) is 1.44. The fourth-order valence-electron chi connectivity index (χ4n) is 2.79. The third kappa shape index (κ3) is 3.00. The molecule has 1 aliphatic carbocycles. The van der Waals surface area contributed by atoms with Crippen molar-refractivity contribution in [2.24, 2.45) is 0 Å². The molecule has 1 heterocycles. The zero-order chi connectivity index (χ0) is 16.8. The monoisotopic (exact) mass is 352 g/mol. The second-order valence-corrected chi connectivity index (χ2v) is 9.53. The molecule has 0 fully saturated rings. The zero-order valence-electron chi connectivity index (χ0n) is 12.8. The van der Waals surface area contributed by atoms with Crippen LogP contribution in [0.4, 0.5) is 0 Å². The molecule has 0 spiro atoms. The van der Waals surface area contributed by atoms with Crippen LogP contribution >= 0.6 is 0 Å². The van der Waals surface area contributed by atoms with Crippen LogP contribution in [-0.2, 0) is 32.5 Å². The average Bonchev–Trinajstić information content (AvgIpc) is 2.63. The molecule has 0 aliphatic heterocycles. The number of rotatable bonds is 2. The maximum atomic E-state index is 12.1. The van der Waals surface area contributed by atoms with Gasteiger partial charge in [-0.05, 0) is 24.8 Å². The summed E-state index contributed by atoms with van der Waals surface area (Å²) in [5, 5.41) is -0.631. The van der Waals surface area contributed by atoms with E-state index in [1.54, 1.807) is 0 Å². The van der Waals surface area contributed by atoms with Crippen LogP contribution in [0.15, 0.2) is 34.4 Å². The number of fused-ring (bicyclic) bond motifs is 3. The first-order valence-corrected chi connectivity index (χ1v) is 10.9. The molecule has 0 bridgehead atoms. The molecule has 0 unspecified atom stereocenters. The van der Waals surface area contributed by atoms with Crippen molar-refractivity contribution in [3.8, 4) is 11.3 Å². The van der Waals surface area contributed by atoms with Gasteiger partial charge in [-0.2, -0.15) is 0 Å². The molecule has 1 aromatic heterocycles. The summed E-state index contributed by atoms with van der Waals surface area (Å²) in [6.45, 7) is 0. The number of benzene rings is 1. The summed E-state index contributed by atoms with van der Waals surface area (Å²) in [6, 6.07) is 7.52. The van der Waals surface area contributed by atoms with Crippen LogP contribution < -0.4 is 0 Å². The van der Waals surface area contributed by atoms with E-state index in [9.17, 15) is 16.8 Å². The molecule has 122 valence electrons. The molecule has 23 heavy (non-hydrogen) atoms. The van der Waals surface area contributed by atoms with Gasteiger partial charge in [0.1, 0.15) is 0 Å². The molecule has 0 atom stereocenters. The average molecular weight is 352 g/mol. The van der Waals surface area contributed by atoms with Crippen molar-refractivity contribution in [1.82, 2.24) is 9.97 Å². The maximum Gasteiger partial charge on any atom is 0.248 e.